The molecule has 43 heavy (non-hydrogen) atoms. The van der Waals surface area contributed by atoms with Gasteiger partial charge in [-0.1, -0.05) is 18.2 Å². The lowest BCUT2D eigenvalue weighted by Gasteiger charge is -2.48. The number of hydrogen-bond acceptors (Lipinski definition) is 5. The quantitative estimate of drug-likeness (QED) is 0.312. The maximum Gasteiger partial charge on any atom is 0.306 e. The van der Waals surface area contributed by atoms with Gasteiger partial charge in [0.15, 0.2) is 5.82 Å². The van der Waals surface area contributed by atoms with Gasteiger partial charge in [0.25, 0.3) is 5.91 Å². The van der Waals surface area contributed by atoms with Crippen LogP contribution in [0.25, 0.3) is 33.5 Å². The number of aliphatic carboxylic acids is 1. The van der Waals surface area contributed by atoms with Gasteiger partial charge in [0, 0.05) is 43.2 Å². The van der Waals surface area contributed by atoms with Gasteiger partial charge >= 0.3 is 5.97 Å². The highest BCUT2D eigenvalue weighted by molar-refractivity contribution is 6.00. The number of benzene rings is 2. The van der Waals surface area contributed by atoms with E-state index in [1.54, 1.807) is 7.11 Å². The molecule has 9 nitrogen and oxygen atoms in total. The van der Waals surface area contributed by atoms with Crippen LogP contribution in [0.3, 0.4) is 0 Å². The van der Waals surface area contributed by atoms with Gasteiger partial charge in [0.2, 0.25) is 0 Å². The number of nitrogens with two attached hydrogens (primary N) is 1. The highest BCUT2D eigenvalue weighted by atomic mass is 16.5. The molecule has 4 heterocycles. The van der Waals surface area contributed by atoms with E-state index in [0.717, 1.165) is 60.3 Å². The number of methoxy groups -OCH3 is 1. The van der Waals surface area contributed by atoms with Crippen LogP contribution in [0.2, 0.25) is 0 Å². The van der Waals surface area contributed by atoms with Crippen LogP contribution in [0, 0.1) is 17.8 Å². The van der Waals surface area contributed by atoms with Gasteiger partial charge < -0.3 is 29.6 Å². The smallest absolute Gasteiger partial charge is 0.306 e. The molecule has 5 aliphatic rings. The van der Waals surface area contributed by atoms with Crippen molar-refractivity contribution in [2.45, 2.75) is 69.5 Å². The van der Waals surface area contributed by atoms with Crippen molar-refractivity contribution in [2.24, 2.45) is 30.5 Å². The number of hydrogen-bond donors (Lipinski definition) is 2. The van der Waals surface area contributed by atoms with E-state index in [-0.39, 0.29) is 29.8 Å². The Balaban J connectivity index is 1.22. The first-order valence-electron chi connectivity index (χ1n) is 15.8. The summed E-state index contributed by atoms with van der Waals surface area (Å²) >= 11 is 0. The van der Waals surface area contributed by atoms with E-state index in [1.807, 2.05) is 24.1 Å². The van der Waals surface area contributed by atoms with Crippen LogP contribution in [0.4, 0.5) is 0 Å². The SMILES string of the molecule is COc1cc(C(=O)N2C[C@H]3CC[C@@H]2C[C@@H]3N)cc2nc(-c3cc4cccc(C5CC(C(=O)O)C5)c4n3CC3CC3)n(C)c12. The fourth-order valence-electron chi connectivity index (χ4n) is 8.08. The van der Waals surface area contributed by atoms with Crippen molar-refractivity contribution < 1.29 is 19.4 Å². The predicted octanol–water partition coefficient (Wildman–Crippen LogP) is 5.14. The number of piperidine rings is 2. The third-order valence-corrected chi connectivity index (χ3v) is 10.8. The summed E-state index contributed by atoms with van der Waals surface area (Å²) in [5.74, 6) is 1.81. The second-order valence-corrected chi connectivity index (χ2v) is 13.5. The fourth-order valence-corrected chi connectivity index (χ4v) is 8.08. The number of carboxylic acids is 1. The van der Waals surface area contributed by atoms with Gasteiger partial charge in [-0.25, -0.2) is 4.98 Å². The third kappa shape index (κ3) is 4.26. The number of carbonyl (C=O) groups is 2. The van der Waals surface area contributed by atoms with E-state index < -0.39 is 5.97 Å². The Morgan fingerprint density at radius 1 is 1.07 bits per heavy atom. The Bertz CT molecular complexity index is 1780. The van der Waals surface area contributed by atoms with E-state index in [4.69, 9.17) is 15.5 Å². The molecule has 0 radical (unpaired) electrons. The van der Waals surface area contributed by atoms with Crippen molar-refractivity contribution in [2.75, 3.05) is 13.7 Å². The first kappa shape index (κ1) is 26.8. The minimum atomic E-state index is -0.694. The molecule has 5 fully saturated rings. The molecular weight excluding hydrogens is 542 g/mol. The van der Waals surface area contributed by atoms with Gasteiger partial charge in [-0.2, -0.15) is 0 Å². The zero-order valence-electron chi connectivity index (χ0n) is 24.8. The molecule has 2 aliphatic heterocycles. The molecule has 1 amide bonds. The number of para-hydroxylation sites is 1. The van der Waals surface area contributed by atoms with Crippen LogP contribution >= 0.6 is 0 Å². The summed E-state index contributed by atoms with van der Waals surface area (Å²) in [6, 6.07) is 12.8. The summed E-state index contributed by atoms with van der Waals surface area (Å²) in [4.78, 5) is 32.6. The van der Waals surface area contributed by atoms with Gasteiger partial charge in [0.05, 0.1) is 29.8 Å². The Kier molecular flexibility index (Phi) is 6.12. The number of aromatic nitrogens is 3. The molecule has 2 aromatic carbocycles. The monoisotopic (exact) mass is 581 g/mol. The van der Waals surface area contributed by atoms with E-state index in [1.165, 1.54) is 23.9 Å². The molecule has 3 saturated carbocycles. The minimum absolute atomic E-state index is 0.0293. The molecule has 4 aromatic rings. The number of ether oxygens (including phenoxy) is 1. The van der Waals surface area contributed by atoms with Crippen LogP contribution < -0.4 is 10.5 Å². The first-order valence-corrected chi connectivity index (χ1v) is 15.8. The fraction of sp³-hybridized carbons (Fsp3) is 0.500. The largest absolute Gasteiger partial charge is 0.494 e. The summed E-state index contributed by atoms with van der Waals surface area (Å²) in [6.45, 7) is 1.63. The lowest BCUT2D eigenvalue weighted by molar-refractivity contribution is -0.145. The third-order valence-electron chi connectivity index (χ3n) is 10.8. The number of imidazole rings is 1. The van der Waals surface area contributed by atoms with E-state index >= 15 is 0 Å². The summed E-state index contributed by atoms with van der Waals surface area (Å²) in [7, 11) is 3.67. The number of nitrogens with zero attached hydrogens (tertiary/aromatic N) is 4. The predicted molar refractivity (Wildman–Crippen MR) is 164 cm³/mol. The molecule has 224 valence electrons. The maximum absolute atomic E-state index is 13.8. The van der Waals surface area contributed by atoms with Crippen molar-refractivity contribution in [1.82, 2.24) is 19.0 Å². The van der Waals surface area contributed by atoms with Crippen molar-refractivity contribution >= 4 is 33.8 Å². The highest BCUT2D eigenvalue weighted by Crippen LogP contribution is 2.46. The van der Waals surface area contributed by atoms with Crippen LogP contribution in [0.5, 0.6) is 5.75 Å². The molecule has 2 aromatic heterocycles. The Hall–Kier alpha value is -3.85. The molecule has 0 spiro atoms. The first-order chi connectivity index (χ1) is 20.8. The van der Waals surface area contributed by atoms with Crippen molar-refractivity contribution in [1.29, 1.82) is 0 Å². The van der Waals surface area contributed by atoms with Gasteiger partial charge in [0.1, 0.15) is 11.3 Å². The van der Waals surface area contributed by atoms with E-state index in [2.05, 4.69) is 33.4 Å². The zero-order chi connectivity index (χ0) is 29.6. The number of fused-ring (bicyclic) bond motifs is 5. The van der Waals surface area contributed by atoms with Crippen LogP contribution in [-0.4, -0.2) is 61.7 Å². The molecule has 3 aliphatic carbocycles. The van der Waals surface area contributed by atoms with Crippen molar-refractivity contribution in [3.63, 3.8) is 0 Å². The molecule has 9 rings (SSSR count). The van der Waals surface area contributed by atoms with Gasteiger partial charge in [-0.3, -0.25) is 9.59 Å². The normalized spacial score (nSPS) is 26.7. The van der Waals surface area contributed by atoms with Crippen LogP contribution in [-0.2, 0) is 18.4 Å². The zero-order valence-corrected chi connectivity index (χ0v) is 24.8. The highest BCUT2D eigenvalue weighted by Gasteiger charge is 2.41. The van der Waals surface area contributed by atoms with E-state index in [9.17, 15) is 14.7 Å². The standard InChI is InChI=1S/C34H39N5O4/c1-37-31-27(12-22(14-29(31)43-2)33(40)38-17-20-8-9-24(38)15-26(20)35)36-32(37)28-13-19-4-3-5-25(21-10-23(11-21)34(41)42)30(19)39(28)16-18-6-7-18/h3-5,12-14,18,20-21,23-24,26H,6-11,15-17,35H2,1-2H3,(H,41,42)/t20-,21?,23?,24-,26+/m1/s1. The van der Waals surface area contributed by atoms with Crippen LogP contribution in [0.15, 0.2) is 36.4 Å². The lowest BCUT2D eigenvalue weighted by Crippen LogP contribution is -2.58. The summed E-state index contributed by atoms with van der Waals surface area (Å²) in [5, 5.41) is 10.7. The number of aryl methyl sites for hydroxylation is 1. The molecule has 3 N–H and O–H groups in total. The second kappa shape index (κ2) is 9.84. The van der Waals surface area contributed by atoms with Crippen molar-refractivity contribution in [3.05, 3.63) is 47.5 Å². The Labute approximate surface area is 250 Å². The lowest BCUT2D eigenvalue weighted by atomic mass is 9.71. The van der Waals surface area contributed by atoms with Gasteiger partial charge in [-0.05, 0) is 86.5 Å². The second-order valence-electron chi connectivity index (χ2n) is 13.5. The molecule has 9 heteroatoms. The van der Waals surface area contributed by atoms with Crippen molar-refractivity contribution in [3.8, 4) is 17.3 Å². The maximum atomic E-state index is 13.8. The average molecular weight is 582 g/mol. The van der Waals surface area contributed by atoms with E-state index in [0.29, 0.717) is 36.0 Å². The summed E-state index contributed by atoms with van der Waals surface area (Å²) < 4.78 is 10.4. The number of amides is 1. The molecular formula is C34H39N5O4. The number of carbonyl (C=O) groups excluding carboxylic acids is 1. The minimum Gasteiger partial charge on any atom is -0.494 e. The molecule has 2 bridgehead atoms. The van der Waals surface area contributed by atoms with Gasteiger partial charge in [-0.15, -0.1) is 0 Å². The summed E-state index contributed by atoms with van der Waals surface area (Å²) in [5.41, 5.74) is 12.0. The Morgan fingerprint density at radius 2 is 1.88 bits per heavy atom. The summed E-state index contributed by atoms with van der Waals surface area (Å²) in [6.07, 6.45) is 6.79. The topological polar surface area (TPSA) is 116 Å². The van der Waals surface area contributed by atoms with Crippen LogP contribution in [0.1, 0.15) is 66.8 Å². The Morgan fingerprint density at radius 3 is 2.56 bits per heavy atom. The number of rotatable bonds is 7. The molecule has 0 unspecified atom stereocenters. The molecule has 3 atom stereocenters. The number of carboxylic acid groups (broad SMARTS) is 1. The average Bonchev–Trinajstić information content (AvgIpc) is 3.64. The molecule has 2 saturated heterocycles.